The SMILES string of the molecule is Cc1cc(=O)c(C(=O)NC2CCCCCCC2)nn1-c1ccccc1[N+](=O)[O-]. The first-order valence-corrected chi connectivity index (χ1v) is 9.63. The largest absolute Gasteiger partial charge is 0.348 e. The van der Waals surface area contributed by atoms with Crippen molar-refractivity contribution in [2.45, 2.75) is 57.9 Å². The molecule has 0 unspecified atom stereocenters. The number of benzene rings is 1. The fraction of sp³-hybridized carbons (Fsp3) is 0.450. The highest BCUT2D eigenvalue weighted by Crippen LogP contribution is 2.22. The summed E-state index contributed by atoms with van der Waals surface area (Å²) in [5.74, 6) is -0.525. The molecule has 0 atom stereocenters. The van der Waals surface area contributed by atoms with Gasteiger partial charge in [-0.25, -0.2) is 4.68 Å². The number of rotatable bonds is 4. The van der Waals surface area contributed by atoms with E-state index in [1.54, 1.807) is 25.1 Å². The number of aryl methyl sites for hydroxylation is 1. The molecule has 0 bridgehead atoms. The minimum absolute atomic E-state index is 0.0230. The van der Waals surface area contributed by atoms with Crippen LogP contribution in [0.5, 0.6) is 0 Å². The summed E-state index contributed by atoms with van der Waals surface area (Å²) < 4.78 is 1.28. The lowest BCUT2D eigenvalue weighted by Crippen LogP contribution is -2.39. The number of carbonyl (C=O) groups excluding carboxylic acids is 1. The maximum Gasteiger partial charge on any atom is 0.294 e. The van der Waals surface area contributed by atoms with Gasteiger partial charge in [-0.3, -0.25) is 19.7 Å². The van der Waals surface area contributed by atoms with E-state index in [-0.39, 0.29) is 23.1 Å². The Morgan fingerprint density at radius 3 is 2.50 bits per heavy atom. The van der Waals surface area contributed by atoms with Gasteiger partial charge in [-0.05, 0) is 25.8 Å². The van der Waals surface area contributed by atoms with Crippen LogP contribution in [0.4, 0.5) is 5.69 Å². The number of hydrogen-bond donors (Lipinski definition) is 1. The van der Waals surface area contributed by atoms with Crippen molar-refractivity contribution in [1.82, 2.24) is 15.1 Å². The normalized spacial score (nSPS) is 15.5. The second-order valence-corrected chi connectivity index (χ2v) is 7.17. The Morgan fingerprint density at radius 2 is 1.82 bits per heavy atom. The molecule has 2 aromatic rings. The van der Waals surface area contributed by atoms with Crippen LogP contribution in [-0.4, -0.2) is 26.7 Å². The molecular weight excluding hydrogens is 360 g/mol. The smallest absolute Gasteiger partial charge is 0.294 e. The van der Waals surface area contributed by atoms with Gasteiger partial charge in [0.25, 0.3) is 11.6 Å². The Balaban J connectivity index is 1.92. The summed E-state index contributed by atoms with van der Waals surface area (Å²) in [6.45, 7) is 1.63. The number of nitro groups is 1. The summed E-state index contributed by atoms with van der Waals surface area (Å²) in [6.07, 6.45) is 7.39. The van der Waals surface area contributed by atoms with Crippen LogP contribution < -0.4 is 10.7 Å². The zero-order chi connectivity index (χ0) is 20.1. The van der Waals surface area contributed by atoms with Crippen molar-refractivity contribution in [2.75, 3.05) is 0 Å². The molecule has 3 rings (SSSR count). The monoisotopic (exact) mass is 384 g/mol. The summed E-state index contributed by atoms with van der Waals surface area (Å²) in [4.78, 5) is 35.9. The van der Waals surface area contributed by atoms with E-state index < -0.39 is 16.3 Å². The summed E-state index contributed by atoms with van der Waals surface area (Å²) in [5, 5.41) is 18.4. The van der Waals surface area contributed by atoms with Gasteiger partial charge in [0.2, 0.25) is 5.43 Å². The van der Waals surface area contributed by atoms with Gasteiger partial charge >= 0.3 is 0 Å². The van der Waals surface area contributed by atoms with E-state index in [0.717, 1.165) is 38.5 Å². The number of amides is 1. The molecule has 28 heavy (non-hydrogen) atoms. The molecule has 0 spiro atoms. The highest BCUT2D eigenvalue weighted by atomic mass is 16.6. The Morgan fingerprint density at radius 1 is 1.18 bits per heavy atom. The number of nitro benzene ring substituents is 1. The first kappa shape index (κ1) is 19.7. The third kappa shape index (κ3) is 4.44. The van der Waals surface area contributed by atoms with Crippen LogP contribution in [0.2, 0.25) is 0 Å². The molecule has 0 aliphatic heterocycles. The highest BCUT2D eigenvalue weighted by molar-refractivity contribution is 5.92. The molecule has 148 valence electrons. The molecule has 1 aliphatic rings. The van der Waals surface area contributed by atoms with Crippen LogP contribution in [0.1, 0.15) is 61.1 Å². The van der Waals surface area contributed by atoms with Crippen LogP contribution in [0.3, 0.4) is 0 Å². The zero-order valence-electron chi connectivity index (χ0n) is 15.9. The Bertz CT molecular complexity index is 930. The van der Waals surface area contributed by atoms with Crippen molar-refractivity contribution in [3.05, 3.63) is 62.1 Å². The van der Waals surface area contributed by atoms with Gasteiger partial charge in [0, 0.05) is 23.9 Å². The predicted octanol–water partition coefficient (Wildman–Crippen LogP) is 3.29. The third-order valence-electron chi connectivity index (χ3n) is 5.07. The van der Waals surface area contributed by atoms with E-state index in [4.69, 9.17) is 0 Å². The van der Waals surface area contributed by atoms with Gasteiger partial charge in [0.1, 0.15) is 5.69 Å². The summed E-state index contributed by atoms with van der Waals surface area (Å²) >= 11 is 0. The molecule has 0 radical (unpaired) electrons. The predicted molar refractivity (Wildman–Crippen MR) is 105 cm³/mol. The molecule has 1 aliphatic carbocycles. The minimum Gasteiger partial charge on any atom is -0.348 e. The van der Waals surface area contributed by atoms with E-state index in [9.17, 15) is 19.7 Å². The van der Waals surface area contributed by atoms with Crippen molar-refractivity contribution >= 4 is 11.6 Å². The van der Waals surface area contributed by atoms with E-state index in [0.29, 0.717) is 5.69 Å². The molecule has 1 saturated carbocycles. The van der Waals surface area contributed by atoms with E-state index >= 15 is 0 Å². The number of hydrogen-bond acceptors (Lipinski definition) is 5. The summed E-state index contributed by atoms with van der Waals surface area (Å²) in [5.41, 5.74) is -0.249. The third-order valence-corrected chi connectivity index (χ3v) is 5.07. The maximum atomic E-state index is 12.7. The van der Waals surface area contributed by atoms with Crippen molar-refractivity contribution in [2.24, 2.45) is 0 Å². The van der Waals surface area contributed by atoms with Gasteiger partial charge in [0.15, 0.2) is 5.69 Å². The molecule has 1 aromatic heterocycles. The average molecular weight is 384 g/mol. The first-order valence-electron chi connectivity index (χ1n) is 9.63. The van der Waals surface area contributed by atoms with Crippen LogP contribution >= 0.6 is 0 Å². The summed E-state index contributed by atoms with van der Waals surface area (Å²) in [7, 11) is 0. The van der Waals surface area contributed by atoms with Crippen molar-refractivity contribution < 1.29 is 9.72 Å². The summed E-state index contributed by atoms with van der Waals surface area (Å²) in [6, 6.07) is 7.42. The van der Waals surface area contributed by atoms with Crippen molar-refractivity contribution in [1.29, 1.82) is 0 Å². The number of nitrogens with zero attached hydrogens (tertiary/aromatic N) is 3. The lowest BCUT2D eigenvalue weighted by Gasteiger charge is -2.21. The lowest BCUT2D eigenvalue weighted by atomic mass is 9.96. The average Bonchev–Trinajstić information content (AvgIpc) is 2.63. The van der Waals surface area contributed by atoms with Gasteiger partial charge < -0.3 is 5.32 Å². The van der Waals surface area contributed by atoms with Crippen LogP contribution in [0.15, 0.2) is 35.1 Å². The molecule has 1 aromatic carbocycles. The minimum atomic E-state index is -0.525. The lowest BCUT2D eigenvalue weighted by molar-refractivity contribution is -0.384. The second-order valence-electron chi connectivity index (χ2n) is 7.17. The quantitative estimate of drug-likeness (QED) is 0.643. The molecule has 1 N–H and O–H groups in total. The Hall–Kier alpha value is -3.03. The van der Waals surface area contributed by atoms with Gasteiger partial charge in [-0.2, -0.15) is 5.10 Å². The fourth-order valence-corrected chi connectivity index (χ4v) is 3.60. The number of aromatic nitrogens is 2. The highest BCUT2D eigenvalue weighted by Gasteiger charge is 2.22. The molecule has 0 saturated heterocycles. The standard InChI is InChI=1S/C20H24N4O4/c1-14-13-18(25)19(20(26)21-15-9-5-3-2-4-6-10-15)22-23(14)16-11-7-8-12-17(16)24(27)28/h7-8,11-13,15H,2-6,9-10H2,1H3,(H,21,26). The molecule has 8 heteroatoms. The molecule has 1 heterocycles. The molecular formula is C20H24N4O4. The van der Waals surface area contributed by atoms with Crippen molar-refractivity contribution in [3.63, 3.8) is 0 Å². The number of carbonyl (C=O) groups is 1. The Labute approximate surface area is 162 Å². The number of para-hydroxylation sites is 2. The van der Waals surface area contributed by atoms with Crippen LogP contribution in [0, 0.1) is 17.0 Å². The molecule has 8 nitrogen and oxygen atoms in total. The van der Waals surface area contributed by atoms with E-state index in [1.165, 1.54) is 23.2 Å². The topological polar surface area (TPSA) is 107 Å². The van der Waals surface area contributed by atoms with E-state index in [1.807, 2.05) is 0 Å². The van der Waals surface area contributed by atoms with Crippen LogP contribution in [-0.2, 0) is 0 Å². The molecule has 1 amide bonds. The Kier molecular flexibility index (Phi) is 6.18. The first-order chi connectivity index (χ1) is 13.5. The van der Waals surface area contributed by atoms with Crippen molar-refractivity contribution in [3.8, 4) is 5.69 Å². The van der Waals surface area contributed by atoms with Gasteiger partial charge in [-0.1, -0.05) is 44.2 Å². The van der Waals surface area contributed by atoms with E-state index in [2.05, 4.69) is 10.4 Å². The maximum absolute atomic E-state index is 12.7. The van der Waals surface area contributed by atoms with Gasteiger partial charge in [0.05, 0.1) is 4.92 Å². The molecule has 1 fully saturated rings. The zero-order valence-corrected chi connectivity index (χ0v) is 15.9. The second kappa shape index (κ2) is 8.77. The van der Waals surface area contributed by atoms with Gasteiger partial charge in [-0.15, -0.1) is 0 Å². The van der Waals surface area contributed by atoms with Crippen LogP contribution in [0.25, 0.3) is 5.69 Å². The fourth-order valence-electron chi connectivity index (χ4n) is 3.60. The number of nitrogens with one attached hydrogen (secondary N) is 1.